The zero-order valence-electron chi connectivity index (χ0n) is 8.70. The van der Waals surface area contributed by atoms with Gasteiger partial charge in [-0.1, -0.05) is 6.92 Å². The number of hydrogen-bond acceptors (Lipinski definition) is 4. The molecule has 3 N–H and O–H groups in total. The molecule has 14 heavy (non-hydrogen) atoms. The van der Waals surface area contributed by atoms with E-state index in [0.717, 1.165) is 23.6 Å². The summed E-state index contributed by atoms with van der Waals surface area (Å²) in [5.74, 6) is 0.674. The van der Waals surface area contributed by atoms with Crippen LogP contribution in [0.5, 0.6) is 0 Å². The number of nitrogens with two attached hydrogens (primary N) is 1. The number of aryl methyl sites for hydroxylation is 2. The molecule has 1 rings (SSSR count). The van der Waals surface area contributed by atoms with Crippen molar-refractivity contribution in [2.75, 3.05) is 13.2 Å². The molecule has 0 aliphatic rings. The Labute approximate surface area is 84.2 Å². The van der Waals surface area contributed by atoms with Gasteiger partial charge in [-0.3, -0.25) is 0 Å². The Kier molecular flexibility index (Phi) is 3.98. The highest BCUT2D eigenvalue weighted by molar-refractivity contribution is 5.15. The third-order valence-corrected chi connectivity index (χ3v) is 2.20. The second kappa shape index (κ2) is 5.02. The van der Waals surface area contributed by atoms with Crippen LogP contribution in [0.4, 0.5) is 0 Å². The van der Waals surface area contributed by atoms with Gasteiger partial charge in [-0.05, 0) is 19.4 Å². The summed E-state index contributed by atoms with van der Waals surface area (Å²) in [4.78, 5) is 8.54. The van der Waals surface area contributed by atoms with Crippen LogP contribution < -0.4 is 5.73 Å². The maximum absolute atomic E-state index is 9.09. The van der Waals surface area contributed by atoms with E-state index < -0.39 is 0 Å². The Morgan fingerprint density at radius 2 is 2.21 bits per heavy atom. The molecule has 0 amide bonds. The minimum absolute atomic E-state index is 0.0378. The number of aliphatic hydroxyl groups is 1. The fraction of sp³-hybridized carbons (Fsp3) is 0.600. The molecule has 78 valence electrons. The number of nitrogens with zero attached hydrogens (tertiary/aromatic N) is 2. The summed E-state index contributed by atoms with van der Waals surface area (Å²) in [6, 6.07) is 1.92. The van der Waals surface area contributed by atoms with Gasteiger partial charge in [-0.15, -0.1) is 0 Å². The average Bonchev–Trinajstić information content (AvgIpc) is 2.19. The Hall–Kier alpha value is -1.00. The van der Waals surface area contributed by atoms with E-state index in [1.165, 1.54) is 0 Å². The summed E-state index contributed by atoms with van der Waals surface area (Å²) in [5, 5.41) is 9.09. The van der Waals surface area contributed by atoms with Crippen LogP contribution >= 0.6 is 0 Å². The van der Waals surface area contributed by atoms with Crippen LogP contribution in [0.1, 0.15) is 30.1 Å². The van der Waals surface area contributed by atoms with Crippen LogP contribution in [0.3, 0.4) is 0 Å². The monoisotopic (exact) mass is 195 g/mol. The van der Waals surface area contributed by atoms with Gasteiger partial charge < -0.3 is 10.8 Å². The molecule has 0 radical (unpaired) electrons. The molecule has 1 atom stereocenters. The molecule has 0 saturated heterocycles. The van der Waals surface area contributed by atoms with Crippen molar-refractivity contribution in [1.29, 1.82) is 0 Å². The van der Waals surface area contributed by atoms with Crippen molar-refractivity contribution in [3.63, 3.8) is 0 Å². The smallest absolute Gasteiger partial charge is 0.125 e. The van der Waals surface area contributed by atoms with Gasteiger partial charge >= 0.3 is 0 Å². The number of aromatic nitrogens is 2. The third kappa shape index (κ3) is 2.49. The standard InChI is InChI=1S/C10H17N3O/c1-3-9-4-10(8(5-11)6-14)13-7(2)12-9/h4,8,14H,3,5-6,11H2,1-2H3. The number of aliphatic hydroxyl groups excluding tert-OH is 1. The van der Waals surface area contributed by atoms with E-state index in [2.05, 4.69) is 9.97 Å². The van der Waals surface area contributed by atoms with Crippen LogP contribution in [-0.2, 0) is 6.42 Å². The van der Waals surface area contributed by atoms with Crippen LogP contribution in [0, 0.1) is 6.92 Å². The molecule has 0 saturated carbocycles. The van der Waals surface area contributed by atoms with Crippen molar-refractivity contribution >= 4 is 0 Å². The summed E-state index contributed by atoms with van der Waals surface area (Å²) in [7, 11) is 0. The highest BCUT2D eigenvalue weighted by Crippen LogP contribution is 2.12. The van der Waals surface area contributed by atoms with Crippen molar-refractivity contribution in [3.8, 4) is 0 Å². The van der Waals surface area contributed by atoms with Crippen molar-refractivity contribution < 1.29 is 5.11 Å². The molecule has 0 aromatic carbocycles. The Morgan fingerprint density at radius 3 is 2.71 bits per heavy atom. The van der Waals surface area contributed by atoms with E-state index >= 15 is 0 Å². The molecule has 4 nitrogen and oxygen atoms in total. The van der Waals surface area contributed by atoms with E-state index in [9.17, 15) is 0 Å². The lowest BCUT2D eigenvalue weighted by atomic mass is 10.1. The molecule has 4 heteroatoms. The van der Waals surface area contributed by atoms with Crippen LogP contribution in [0.15, 0.2) is 6.07 Å². The summed E-state index contributed by atoms with van der Waals surface area (Å²) >= 11 is 0. The number of rotatable bonds is 4. The first-order chi connectivity index (χ1) is 6.71. The van der Waals surface area contributed by atoms with Gasteiger partial charge in [0, 0.05) is 18.2 Å². The lowest BCUT2D eigenvalue weighted by Gasteiger charge is -2.12. The van der Waals surface area contributed by atoms with E-state index in [1.54, 1.807) is 0 Å². The minimum Gasteiger partial charge on any atom is -0.396 e. The van der Waals surface area contributed by atoms with Gasteiger partial charge in [0.15, 0.2) is 0 Å². The SMILES string of the molecule is CCc1cc(C(CN)CO)nc(C)n1. The van der Waals surface area contributed by atoms with E-state index in [0.29, 0.717) is 6.54 Å². The maximum Gasteiger partial charge on any atom is 0.125 e. The van der Waals surface area contributed by atoms with Gasteiger partial charge in [0.25, 0.3) is 0 Å². The first-order valence-corrected chi connectivity index (χ1v) is 4.86. The molecule has 1 aromatic heterocycles. The molecule has 0 fully saturated rings. The van der Waals surface area contributed by atoms with Crippen LogP contribution in [-0.4, -0.2) is 28.2 Å². The van der Waals surface area contributed by atoms with Gasteiger partial charge in [0.05, 0.1) is 12.3 Å². The summed E-state index contributed by atoms with van der Waals surface area (Å²) in [5.41, 5.74) is 7.38. The quantitative estimate of drug-likeness (QED) is 0.728. The second-order valence-corrected chi connectivity index (χ2v) is 3.30. The Balaban J connectivity index is 3.01. The van der Waals surface area contributed by atoms with E-state index in [-0.39, 0.29) is 12.5 Å². The van der Waals surface area contributed by atoms with Gasteiger partial charge in [0.1, 0.15) is 5.82 Å². The van der Waals surface area contributed by atoms with Crippen molar-refractivity contribution in [1.82, 2.24) is 9.97 Å². The number of hydrogen-bond donors (Lipinski definition) is 2. The van der Waals surface area contributed by atoms with E-state index in [1.807, 2.05) is 19.9 Å². The van der Waals surface area contributed by atoms with E-state index in [4.69, 9.17) is 10.8 Å². The van der Waals surface area contributed by atoms with Crippen molar-refractivity contribution in [2.45, 2.75) is 26.2 Å². The molecular formula is C10H17N3O. The zero-order valence-corrected chi connectivity index (χ0v) is 8.70. The summed E-state index contributed by atoms with van der Waals surface area (Å²) in [6.45, 7) is 4.35. The Morgan fingerprint density at radius 1 is 1.50 bits per heavy atom. The predicted molar refractivity (Wildman–Crippen MR) is 55.0 cm³/mol. The highest BCUT2D eigenvalue weighted by atomic mass is 16.3. The van der Waals surface area contributed by atoms with Gasteiger partial charge in [-0.2, -0.15) is 0 Å². The molecule has 1 aromatic rings. The molecule has 0 aliphatic heterocycles. The second-order valence-electron chi connectivity index (χ2n) is 3.30. The lowest BCUT2D eigenvalue weighted by molar-refractivity contribution is 0.265. The fourth-order valence-electron chi connectivity index (χ4n) is 1.33. The zero-order chi connectivity index (χ0) is 10.6. The molecular weight excluding hydrogens is 178 g/mol. The largest absolute Gasteiger partial charge is 0.396 e. The normalized spacial score (nSPS) is 12.9. The van der Waals surface area contributed by atoms with Crippen LogP contribution in [0.2, 0.25) is 0 Å². The first kappa shape index (κ1) is 11.1. The highest BCUT2D eigenvalue weighted by Gasteiger charge is 2.11. The minimum atomic E-state index is -0.0676. The molecule has 0 bridgehead atoms. The maximum atomic E-state index is 9.09. The fourth-order valence-corrected chi connectivity index (χ4v) is 1.33. The average molecular weight is 195 g/mol. The Bertz CT molecular complexity index is 297. The molecule has 0 spiro atoms. The predicted octanol–water partition coefficient (Wildman–Crippen LogP) is 0.382. The molecule has 0 aliphatic carbocycles. The molecule has 1 heterocycles. The lowest BCUT2D eigenvalue weighted by Crippen LogP contribution is -2.18. The topological polar surface area (TPSA) is 72.0 Å². The van der Waals surface area contributed by atoms with Gasteiger partial charge in [0.2, 0.25) is 0 Å². The van der Waals surface area contributed by atoms with Gasteiger partial charge in [-0.25, -0.2) is 9.97 Å². The van der Waals surface area contributed by atoms with Crippen LogP contribution in [0.25, 0.3) is 0 Å². The first-order valence-electron chi connectivity index (χ1n) is 4.86. The van der Waals surface area contributed by atoms with Crippen molar-refractivity contribution in [2.24, 2.45) is 5.73 Å². The molecule has 1 unspecified atom stereocenters. The summed E-state index contributed by atoms with van der Waals surface area (Å²) < 4.78 is 0. The van der Waals surface area contributed by atoms with Crippen molar-refractivity contribution in [3.05, 3.63) is 23.3 Å². The summed E-state index contributed by atoms with van der Waals surface area (Å²) in [6.07, 6.45) is 0.874. The third-order valence-electron chi connectivity index (χ3n) is 2.20.